The average Bonchev–Trinajstić information content (AvgIpc) is 1.54. The van der Waals surface area contributed by atoms with Crippen molar-refractivity contribution in [3.8, 4) is 66.8 Å². The van der Waals surface area contributed by atoms with Gasteiger partial charge in [0.05, 0.1) is 0 Å². The molecule has 3 aliphatic carbocycles. The Balaban J connectivity index is 0.0000000924. The maximum absolute atomic E-state index is 2.57. The van der Waals surface area contributed by atoms with Gasteiger partial charge in [0, 0.05) is 122 Å². The Morgan fingerprint density at radius 3 is 0.770 bits per heavy atom. The molecule has 8 aromatic heterocycles. The van der Waals surface area contributed by atoms with E-state index in [1.165, 1.54) is 195 Å². The summed E-state index contributed by atoms with van der Waals surface area (Å²) in [6.07, 6.45) is 0. The fourth-order valence-electron chi connectivity index (χ4n) is 23.4. The summed E-state index contributed by atoms with van der Waals surface area (Å²) in [4.78, 5) is 0. The number of aryl methyl sites for hydroxylation is 3. The quantitative estimate of drug-likeness (QED) is 0.134. The molecule has 0 radical (unpaired) electrons. The number of nitrogens with zero attached hydrogens (tertiary/aromatic N) is 3. The highest BCUT2D eigenvalue weighted by Gasteiger charge is 2.45. The van der Waals surface area contributed by atoms with Gasteiger partial charge in [-0.3, -0.25) is 0 Å². The number of hydrogen-bond acceptors (Lipinski definition) is 5. The normalized spacial score (nSPS) is 14.5. The molecule has 139 heavy (non-hydrogen) atoms. The molecule has 0 N–H and O–H groups in total. The standard InChI is InChI=1S/C24H22.C22H22Si2.C20H16N2.C15H14.C14H14Si.C13H11N.C10H6S2.C6H4S2.C4H4S/c2*1-23(2)19-11-7-5-9-15(19)17-14-22-18(13-21(17)23)16-10-6-8-12-20(16)24(22,3)4;1-21-17-9-5-3-7-13(17)15-12-20-16(11-19(15)21)14-8-4-6-10-18(14)22(20)2;2*1-15(2)13-9-5-3-7-11(13)12-8-4-6-10-14(12)15;1-14-12-8-4-2-6-10(12)11-7-3-5-9-13(11)14;1-3-11-9-6-8-2-4-12-10(8)5-7(1)9;1-3-7-6-2-4-8-5(1)6;1-2-4-5-3-1/h2*5-14H,1-4H3;3-12H,1-2H3;2*3-10H,1-2H3;2-9H,1H3;1-6H;1-4H;1-4H. The van der Waals surface area contributed by atoms with Crippen LogP contribution < -0.4 is 31.1 Å². The monoisotopic (exact) mass is 1940 g/mol. The Labute approximate surface area is 840 Å². The summed E-state index contributed by atoms with van der Waals surface area (Å²) in [5.74, 6) is 0. The fourth-order valence-corrected chi connectivity index (χ4v) is 36.6. The fraction of sp³-hybridized carbons (Fsp3) is 0.141. The molecule has 11 heterocycles. The Kier molecular flexibility index (Phi) is 23.5. The van der Waals surface area contributed by atoms with Crippen molar-refractivity contribution in [3.05, 3.63) is 442 Å². The number of aromatic nitrogens is 3. The highest BCUT2D eigenvalue weighted by molar-refractivity contribution is 7.26. The van der Waals surface area contributed by atoms with Crippen LogP contribution in [0.2, 0.25) is 39.3 Å². The first kappa shape index (κ1) is 91.0. The van der Waals surface area contributed by atoms with Gasteiger partial charge in [-0.1, -0.05) is 372 Å². The van der Waals surface area contributed by atoms with Crippen LogP contribution in [-0.2, 0) is 37.4 Å². The Morgan fingerprint density at radius 1 is 0.187 bits per heavy atom. The lowest BCUT2D eigenvalue weighted by Crippen LogP contribution is -2.51. The van der Waals surface area contributed by atoms with Crippen molar-refractivity contribution in [2.75, 3.05) is 0 Å². The van der Waals surface area contributed by atoms with Crippen molar-refractivity contribution in [2.45, 2.75) is 97.1 Å². The molecule has 3 aliphatic heterocycles. The van der Waals surface area contributed by atoms with Crippen molar-refractivity contribution < 1.29 is 0 Å². The van der Waals surface area contributed by atoms with Crippen molar-refractivity contribution in [2.24, 2.45) is 21.1 Å². The molecule has 24 aromatic rings. The van der Waals surface area contributed by atoms with E-state index < -0.39 is 24.2 Å². The molecule has 0 spiro atoms. The first-order valence-corrected chi connectivity index (χ1v) is 61.9. The third kappa shape index (κ3) is 15.6. The molecule has 0 fully saturated rings. The molecular formula is C128H113N3S5Si3. The highest BCUT2D eigenvalue weighted by Crippen LogP contribution is 2.57. The smallest absolute Gasteiger partial charge is 0.113 e. The van der Waals surface area contributed by atoms with Crippen LogP contribution in [-0.4, -0.2) is 37.9 Å². The number of thiophene rings is 5. The molecule has 30 rings (SSSR count). The average molecular weight is 1940 g/mol. The topological polar surface area (TPSA) is 14.8 Å². The highest BCUT2D eigenvalue weighted by atomic mass is 32.1. The number of para-hydroxylation sites is 4. The van der Waals surface area contributed by atoms with Gasteiger partial charge in [-0.25, -0.2) is 0 Å². The van der Waals surface area contributed by atoms with Crippen LogP contribution in [0.5, 0.6) is 0 Å². The van der Waals surface area contributed by atoms with E-state index in [1.807, 2.05) is 45.6 Å². The number of benzene rings is 16. The molecule has 682 valence electrons. The number of fused-ring (bicyclic) bond motifs is 30. The predicted molar refractivity (Wildman–Crippen MR) is 621 cm³/mol. The lowest BCUT2D eigenvalue weighted by molar-refractivity contribution is 0.652. The zero-order chi connectivity index (χ0) is 95.6. The van der Waals surface area contributed by atoms with Crippen molar-refractivity contribution in [3.63, 3.8) is 0 Å². The van der Waals surface area contributed by atoms with Gasteiger partial charge < -0.3 is 13.7 Å². The van der Waals surface area contributed by atoms with Gasteiger partial charge in [0.1, 0.15) is 24.2 Å². The number of hydrogen-bond donors (Lipinski definition) is 0. The van der Waals surface area contributed by atoms with Crippen molar-refractivity contribution in [1.82, 2.24) is 13.7 Å². The maximum Gasteiger partial charge on any atom is 0.113 e. The van der Waals surface area contributed by atoms with Gasteiger partial charge in [-0.2, -0.15) is 11.3 Å². The summed E-state index contributed by atoms with van der Waals surface area (Å²) in [5, 5.41) is 33.0. The van der Waals surface area contributed by atoms with E-state index in [0.29, 0.717) is 0 Å². The molecule has 6 aliphatic rings. The molecule has 0 atom stereocenters. The zero-order valence-electron chi connectivity index (χ0n) is 81.6. The lowest BCUT2D eigenvalue weighted by atomic mass is 9.79. The second-order valence-corrected chi connectivity index (χ2v) is 58.4. The van der Waals surface area contributed by atoms with Crippen LogP contribution in [0.1, 0.15) is 74.9 Å². The van der Waals surface area contributed by atoms with Crippen LogP contribution in [0.3, 0.4) is 0 Å². The van der Waals surface area contributed by atoms with E-state index >= 15 is 0 Å². The Bertz CT molecular complexity index is 8010. The minimum absolute atomic E-state index is 0.0721. The van der Waals surface area contributed by atoms with Crippen LogP contribution >= 0.6 is 56.7 Å². The Morgan fingerprint density at radius 2 is 0.439 bits per heavy atom. The second kappa shape index (κ2) is 35.9. The first-order valence-electron chi connectivity index (χ1n) is 48.4. The van der Waals surface area contributed by atoms with Crippen LogP contribution in [0, 0.1) is 0 Å². The van der Waals surface area contributed by atoms with Gasteiger partial charge in [0.25, 0.3) is 0 Å². The van der Waals surface area contributed by atoms with E-state index in [1.54, 1.807) is 65.1 Å². The van der Waals surface area contributed by atoms with Crippen LogP contribution in [0.4, 0.5) is 0 Å². The minimum atomic E-state index is -1.58. The van der Waals surface area contributed by atoms with Crippen LogP contribution in [0.15, 0.2) is 408 Å². The van der Waals surface area contributed by atoms with E-state index in [4.69, 9.17) is 0 Å². The molecule has 0 amide bonds. The van der Waals surface area contributed by atoms with Gasteiger partial charge in [0.2, 0.25) is 0 Å². The largest absolute Gasteiger partial charge is 0.344 e. The predicted octanol–water partition coefficient (Wildman–Crippen LogP) is 33.2. The summed E-state index contributed by atoms with van der Waals surface area (Å²) < 4.78 is 12.4. The summed E-state index contributed by atoms with van der Waals surface area (Å²) in [7, 11) is 1.89. The van der Waals surface area contributed by atoms with E-state index in [0.717, 1.165) is 0 Å². The SMILES string of the molecule is CC1(C)c2ccccc2-c2cc3c(cc21)-c1ccccc1C3(C)C.CC1(C)c2ccccc2-c2ccccc21.C[Si]1(C)c2ccccc2-c2cc3c(cc21)-c1ccccc1[Si]3(C)C.C[Si]1(C)c2ccccc2-c2ccccc21.Cn1c2ccccc2c2cc3c(cc21)c1ccccc1n3C.Cn1c2ccccc2c2ccccc21.c1cc2cc3sccc3cc2s1.c1cc2sccc2s1.c1ccsc1. The third-order valence-corrected chi connectivity index (χ3v) is 45.8. The lowest BCUT2D eigenvalue weighted by Gasteiger charge is -2.24. The first-order chi connectivity index (χ1) is 67.3. The molecule has 11 heteroatoms. The van der Waals surface area contributed by atoms with Gasteiger partial charge >= 0.3 is 0 Å². The second-order valence-electron chi connectivity index (χ2n) is 40.8. The van der Waals surface area contributed by atoms with Crippen LogP contribution in [0.25, 0.3) is 162 Å². The third-order valence-electron chi connectivity index (χ3n) is 30.8. The summed E-state index contributed by atoms with van der Waals surface area (Å²) in [6.45, 7) is 28.9. The molecule has 16 aromatic carbocycles. The molecule has 0 saturated carbocycles. The molecule has 0 saturated heterocycles. The molecule has 3 nitrogen and oxygen atoms in total. The van der Waals surface area contributed by atoms with Crippen molar-refractivity contribution >= 4 is 207 Å². The zero-order valence-corrected chi connectivity index (χ0v) is 88.7. The minimum Gasteiger partial charge on any atom is -0.344 e. The van der Waals surface area contributed by atoms with Gasteiger partial charge in [-0.05, 0) is 259 Å². The number of rotatable bonds is 0. The molecule has 0 bridgehead atoms. The van der Waals surface area contributed by atoms with E-state index in [-0.39, 0.29) is 16.2 Å². The summed E-state index contributed by atoms with van der Waals surface area (Å²) >= 11 is 8.94. The Hall–Kier alpha value is -13.1. The van der Waals surface area contributed by atoms with Gasteiger partial charge in [0.15, 0.2) is 0 Å². The molecule has 0 unspecified atom stereocenters. The van der Waals surface area contributed by atoms with E-state index in [9.17, 15) is 0 Å². The van der Waals surface area contributed by atoms with Crippen molar-refractivity contribution in [1.29, 1.82) is 0 Å². The summed E-state index contributed by atoms with van der Waals surface area (Å²) in [5.41, 5.74) is 34.2. The van der Waals surface area contributed by atoms with Gasteiger partial charge in [-0.15, -0.1) is 45.3 Å². The summed E-state index contributed by atoms with van der Waals surface area (Å²) in [6, 6.07) is 138. The maximum atomic E-state index is 2.57. The molecular weight excluding hydrogens is 1820 g/mol. The van der Waals surface area contributed by atoms with E-state index in [2.05, 4.69) is 501 Å².